The van der Waals surface area contributed by atoms with Crippen LogP contribution in [0, 0.1) is 0 Å². The van der Waals surface area contributed by atoms with Gasteiger partial charge in [-0.25, -0.2) is 5.43 Å². The molecule has 0 saturated carbocycles. The Morgan fingerprint density at radius 1 is 1.57 bits per heavy atom. The lowest BCUT2D eigenvalue weighted by atomic mass is 10.4. The van der Waals surface area contributed by atoms with E-state index in [2.05, 4.69) is 10.9 Å². The first-order valence-electron chi connectivity index (χ1n) is 2.47. The third-order valence-electron chi connectivity index (χ3n) is 0.955. The van der Waals surface area contributed by atoms with Crippen LogP contribution in [0.1, 0.15) is 6.92 Å². The van der Waals surface area contributed by atoms with E-state index in [1.807, 2.05) is 6.92 Å². The molecule has 1 heterocycles. The van der Waals surface area contributed by atoms with Crippen molar-refractivity contribution >= 4 is 0 Å². The molecule has 0 aromatic heterocycles. The van der Waals surface area contributed by atoms with E-state index in [0.717, 1.165) is 6.54 Å². The van der Waals surface area contributed by atoms with E-state index in [1.165, 1.54) is 0 Å². The van der Waals surface area contributed by atoms with Gasteiger partial charge in [0.15, 0.2) is 0 Å². The Morgan fingerprint density at radius 2 is 2.43 bits per heavy atom. The van der Waals surface area contributed by atoms with E-state index in [0.29, 0.717) is 12.8 Å². The van der Waals surface area contributed by atoms with Gasteiger partial charge < -0.3 is 4.74 Å². The monoisotopic (exact) mass is 102 g/mol. The maximum absolute atomic E-state index is 5.10. The summed E-state index contributed by atoms with van der Waals surface area (Å²) in [5, 5.41) is 0. The first kappa shape index (κ1) is 5.03. The van der Waals surface area contributed by atoms with Gasteiger partial charge in [-0.1, -0.05) is 0 Å². The number of hydrazine groups is 1. The molecule has 1 aliphatic rings. The van der Waals surface area contributed by atoms with Gasteiger partial charge in [0.1, 0.15) is 6.73 Å². The van der Waals surface area contributed by atoms with E-state index in [1.54, 1.807) is 0 Å². The van der Waals surface area contributed by atoms with Gasteiger partial charge >= 0.3 is 0 Å². The molecule has 1 unspecified atom stereocenters. The molecule has 7 heavy (non-hydrogen) atoms. The Kier molecular flexibility index (Phi) is 1.62. The number of nitrogens with one attached hydrogen (secondary N) is 2. The Balaban J connectivity index is 2.12. The fourth-order valence-corrected chi connectivity index (χ4v) is 0.510. The van der Waals surface area contributed by atoms with Gasteiger partial charge in [-0.2, -0.15) is 0 Å². The quantitative estimate of drug-likeness (QED) is 0.431. The van der Waals surface area contributed by atoms with Crippen LogP contribution in [0.5, 0.6) is 0 Å². The molecule has 3 heteroatoms. The first-order valence-corrected chi connectivity index (χ1v) is 2.47. The summed E-state index contributed by atoms with van der Waals surface area (Å²) < 4.78 is 5.10. The SMILES string of the molecule is CC1CNNCO1. The van der Waals surface area contributed by atoms with Gasteiger partial charge in [-0.3, -0.25) is 5.43 Å². The molecule has 1 rings (SSSR count). The summed E-state index contributed by atoms with van der Waals surface area (Å²) in [6, 6.07) is 0. The van der Waals surface area contributed by atoms with Gasteiger partial charge in [0.25, 0.3) is 0 Å². The summed E-state index contributed by atoms with van der Waals surface area (Å²) >= 11 is 0. The third-order valence-corrected chi connectivity index (χ3v) is 0.955. The smallest absolute Gasteiger partial charge is 0.109 e. The lowest BCUT2D eigenvalue weighted by Gasteiger charge is -2.20. The van der Waals surface area contributed by atoms with Crippen LogP contribution < -0.4 is 10.9 Å². The van der Waals surface area contributed by atoms with Gasteiger partial charge in [0, 0.05) is 6.54 Å². The minimum atomic E-state index is 0.362. The molecule has 0 aromatic carbocycles. The normalized spacial score (nSPS) is 33.0. The summed E-state index contributed by atoms with van der Waals surface area (Å²) in [6.45, 7) is 3.56. The second-order valence-corrected chi connectivity index (χ2v) is 1.68. The lowest BCUT2D eigenvalue weighted by molar-refractivity contribution is 0.00905. The average Bonchev–Trinajstić information content (AvgIpc) is 1.69. The van der Waals surface area contributed by atoms with E-state index >= 15 is 0 Å². The zero-order chi connectivity index (χ0) is 5.11. The van der Waals surface area contributed by atoms with E-state index in [9.17, 15) is 0 Å². The topological polar surface area (TPSA) is 33.3 Å². The summed E-state index contributed by atoms with van der Waals surface area (Å²) in [4.78, 5) is 0. The second-order valence-electron chi connectivity index (χ2n) is 1.68. The minimum absolute atomic E-state index is 0.362. The van der Waals surface area contributed by atoms with Crippen LogP contribution in [-0.2, 0) is 4.74 Å². The molecule has 1 aliphatic heterocycles. The average molecular weight is 102 g/mol. The first-order chi connectivity index (χ1) is 3.39. The summed E-state index contributed by atoms with van der Waals surface area (Å²) in [7, 11) is 0. The number of hydrogen-bond donors (Lipinski definition) is 2. The van der Waals surface area contributed by atoms with Crippen LogP contribution in [0.3, 0.4) is 0 Å². The van der Waals surface area contributed by atoms with Crippen LogP contribution in [0.15, 0.2) is 0 Å². The Labute approximate surface area is 43.0 Å². The highest BCUT2D eigenvalue weighted by Crippen LogP contribution is 1.87. The van der Waals surface area contributed by atoms with E-state index in [4.69, 9.17) is 4.74 Å². The maximum Gasteiger partial charge on any atom is 0.109 e. The number of rotatable bonds is 0. The van der Waals surface area contributed by atoms with Gasteiger partial charge in [0.2, 0.25) is 0 Å². The standard InChI is InChI=1S/C4H10N2O/c1-4-2-5-6-3-7-4/h4-6H,2-3H2,1H3. The minimum Gasteiger partial charge on any atom is -0.361 e. The second kappa shape index (κ2) is 2.26. The molecule has 0 radical (unpaired) electrons. The third kappa shape index (κ3) is 1.43. The summed E-state index contributed by atoms with van der Waals surface area (Å²) in [5.74, 6) is 0. The molecule has 42 valence electrons. The van der Waals surface area contributed by atoms with Crippen molar-refractivity contribution in [2.24, 2.45) is 0 Å². The highest BCUT2D eigenvalue weighted by atomic mass is 16.5. The summed E-state index contributed by atoms with van der Waals surface area (Å²) in [6.07, 6.45) is 0.362. The van der Waals surface area contributed by atoms with E-state index in [-0.39, 0.29) is 0 Å². The molecule has 1 saturated heterocycles. The number of ether oxygens (including phenoxy) is 1. The molecular weight excluding hydrogens is 92.1 g/mol. The van der Waals surface area contributed by atoms with Crippen molar-refractivity contribution < 1.29 is 4.74 Å². The van der Waals surface area contributed by atoms with E-state index < -0.39 is 0 Å². The maximum atomic E-state index is 5.10. The molecule has 0 amide bonds. The van der Waals surface area contributed by atoms with Crippen LogP contribution in [0.25, 0.3) is 0 Å². The Morgan fingerprint density at radius 3 is 2.71 bits per heavy atom. The van der Waals surface area contributed by atoms with Crippen molar-refractivity contribution in [2.45, 2.75) is 13.0 Å². The fraction of sp³-hybridized carbons (Fsp3) is 1.00. The highest BCUT2D eigenvalue weighted by molar-refractivity contribution is 4.54. The predicted octanol–water partition coefficient (Wildman–Crippen LogP) is -0.543. The molecule has 1 fully saturated rings. The fourth-order valence-electron chi connectivity index (χ4n) is 0.510. The van der Waals surface area contributed by atoms with Crippen molar-refractivity contribution in [3.05, 3.63) is 0 Å². The van der Waals surface area contributed by atoms with Crippen molar-refractivity contribution in [3.63, 3.8) is 0 Å². The van der Waals surface area contributed by atoms with Crippen LogP contribution in [0.2, 0.25) is 0 Å². The molecule has 0 bridgehead atoms. The molecule has 0 aliphatic carbocycles. The van der Waals surface area contributed by atoms with Crippen LogP contribution >= 0.6 is 0 Å². The highest BCUT2D eigenvalue weighted by Gasteiger charge is 2.03. The van der Waals surface area contributed by atoms with Gasteiger partial charge in [-0.05, 0) is 6.92 Å². The van der Waals surface area contributed by atoms with Crippen molar-refractivity contribution in [1.82, 2.24) is 10.9 Å². The molecule has 1 atom stereocenters. The Hall–Kier alpha value is -0.120. The zero-order valence-electron chi connectivity index (χ0n) is 4.40. The Bertz CT molecular complexity index is 51.7. The van der Waals surface area contributed by atoms with Crippen LogP contribution in [0.4, 0.5) is 0 Å². The van der Waals surface area contributed by atoms with Crippen LogP contribution in [-0.4, -0.2) is 19.4 Å². The number of hydrogen-bond acceptors (Lipinski definition) is 3. The molecular formula is C4H10N2O. The van der Waals surface area contributed by atoms with Crippen molar-refractivity contribution in [2.75, 3.05) is 13.3 Å². The lowest BCUT2D eigenvalue weighted by Crippen LogP contribution is -2.45. The van der Waals surface area contributed by atoms with Gasteiger partial charge in [0.05, 0.1) is 6.10 Å². The molecule has 3 nitrogen and oxygen atoms in total. The molecule has 2 N–H and O–H groups in total. The largest absolute Gasteiger partial charge is 0.361 e. The predicted molar refractivity (Wildman–Crippen MR) is 26.6 cm³/mol. The molecule has 0 aromatic rings. The van der Waals surface area contributed by atoms with Crippen molar-refractivity contribution in [1.29, 1.82) is 0 Å². The molecule has 0 spiro atoms. The zero-order valence-corrected chi connectivity index (χ0v) is 4.40. The van der Waals surface area contributed by atoms with Crippen molar-refractivity contribution in [3.8, 4) is 0 Å². The summed E-state index contributed by atoms with van der Waals surface area (Å²) in [5.41, 5.74) is 5.80. The van der Waals surface area contributed by atoms with Gasteiger partial charge in [-0.15, -0.1) is 0 Å².